The number of hydrogen-bond donors (Lipinski definition) is 2. The van der Waals surface area contributed by atoms with Crippen LogP contribution in [0.15, 0.2) is 0 Å². The highest BCUT2D eigenvalue weighted by Gasteiger charge is 2.31. The van der Waals surface area contributed by atoms with E-state index in [1.54, 1.807) is 0 Å². The third-order valence-electron chi connectivity index (χ3n) is 1.28. The third-order valence-corrected chi connectivity index (χ3v) is 1.28. The highest BCUT2D eigenvalue weighted by molar-refractivity contribution is 4.78. The van der Waals surface area contributed by atoms with Crippen molar-refractivity contribution in [2.75, 3.05) is 26.9 Å². The molecule has 0 radical (unpaired) electrons. The van der Waals surface area contributed by atoms with Crippen LogP contribution in [0.5, 0.6) is 0 Å². The molecule has 3 nitrogen and oxygen atoms in total. The minimum absolute atomic E-state index is 0.0972. The maximum Gasteiger partial charge on any atom is 0.0564 e. The van der Waals surface area contributed by atoms with Crippen molar-refractivity contribution in [1.29, 1.82) is 0 Å². The van der Waals surface area contributed by atoms with Gasteiger partial charge < -0.3 is 15.6 Å². The Morgan fingerprint density at radius 3 is 2.00 bits per heavy atom. The summed E-state index contributed by atoms with van der Waals surface area (Å²) in [6, 6.07) is 0. The molecule has 1 fully saturated rings. The van der Waals surface area contributed by atoms with Crippen molar-refractivity contribution in [3.63, 3.8) is 0 Å². The number of nitrogens with two attached hydrogens (primary N) is 1. The summed E-state index contributed by atoms with van der Waals surface area (Å²) < 4.78 is 4.87. The minimum atomic E-state index is 0.0972. The summed E-state index contributed by atoms with van der Waals surface area (Å²) in [6.45, 7) is 3.72. The van der Waals surface area contributed by atoms with E-state index in [2.05, 4.69) is 5.73 Å². The van der Waals surface area contributed by atoms with Crippen LogP contribution in [-0.4, -0.2) is 32.0 Å². The Hall–Kier alpha value is -0.120. The van der Waals surface area contributed by atoms with Gasteiger partial charge in [0.2, 0.25) is 0 Å². The van der Waals surface area contributed by atoms with E-state index < -0.39 is 0 Å². The average Bonchev–Trinajstić information content (AvgIpc) is 1.88. The van der Waals surface area contributed by atoms with E-state index in [9.17, 15) is 0 Å². The van der Waals surface area contributed by atoms with E-state index >= 15 is 0 Å². The monoisotopic (exact) mass is 133 g/mol. The Balaban J connectivity index is 0.000000291. The fourth-order valence-corrected chi connectivity index (χ4v) is 0.542. The molecule has 1 aliphatic rings. The normalized spacial score (nSPS) is 21.3. The van der Waals surface area contributed by atoms with Crippen molar-refractivity contribution in [2.24, 2.45) is 11.1 Å². The van der Waals surface area contributed by atoms with E-state index in [0.717, 1.165) is 13.2 Å². The quantitative estimate of drug-likeness (QED) is 0.511. The number of ether oxygens (including phenoxy) is 1. The van der Waals surface area contributed by atoms with E-state index in [1.165, 1.54) is 7.05 Å². The summed E-state index contributed by atoms with van der Waals surface area (Å²) in [5.41, 5.74) is 4.60. The maximum atomic E-state index is 8.57. The van der Waals surface area contributed by atoms with Crippen LogP contribution in [0.25, 0.3) is 0 Å². The average molecular weight is 133 g/mol. The van der Waals surface area contributed by atoms with Crippen molar-refractivity contribution >= 4 is 0 Å². The molecule has 0 aromatic heterocycles. The first kappa shape index (κ1) is 8.88. The summed E-state index contributed by atoms with van der Waals surface area (Å²) in [4.78, 5) is 0. The standard InChI is InChI=1S/C5H10O2.CH5N/c1-5(2-6)3-7-4-5;1-2/h6H,2-4H2,1H3;2H2,1H3. The predicted molar refractivity (Wildman–Crippen MR) is 36.1 cm³/mol. The molecule has 1 heterocycles. The van der Waals surface area contributed by atoms with Gasteiger partial charge in [0.15, 0.2) is 0 Å². The van der Waals surface area contributed by atoms with Gasteiger partial charge in [-0.1, -0.05) is 6.92 Å². The number of aliphatic hydroxyl groups excluding tert-OH is 1. The van der Waals surface area contributed by atoms with Gasteiger partial charge in [-0.3, -0.25) is 0 Å². The highest BCUT2D eigenvalue weighted by Crippen LogP contribution is 2.24. The lowest BCUT2D eigenvalue weighted by molar-refractivity contribution is -0.125. The van der Waals surface area contributed by atoms with Crippen LogP contribution in [0.1, 0.15) is 6.92 Å². The zero-order chi connectivity index (χ0) is 7.33. The van der Waals surface area contributed by atoms with Crippen molar-refractivity contribution in [1.82, 2.24) is 0 Å². The van der Waals surface area contributed by atoms with Gasteiger partial charge in [0, 0.05) is 5.41 Å². The molecule has 0 aromatic rings. The van der Waals surface area contributed by atoms with Crippen LogP contribution in [0, 0.1) is 5.41 Å². The van der Waals surface area contributed by atoms with Gasteiger partial charge in [-0.05, 0) is 7.05 Å². The Labute approximate surface area is 55.8 Å². The smallest absolute Gasteiger partial charge is 0.0564 e. The fourth-order valence-electron chi connectivity index (χ4n) is 0.542. The van der Waals surface area contributed by atoms with Gasteiger partial charge in [-0.25, -0.2) is 0 Å². The first-order chi connectivity index (χ1) is 4.27. The summed E-state index contributed by atoms with van der Waals surface area (Å²) in [5.74, 6) is 0. The first-order valence-corrected chi connectivity index (χ1v) is 3.03. The molecule has 0 spiro atoms. The molecule has 1 aliphatic heterocycles. The third kappa shape index (κ3) is 2.30. The van der Waals surface area contributed by atoms with Crippen LogP contribution in [0.3, 0.4) is 0 Å². The molecule has 0 saturated carbocycles. The zero-order valence-electron chi connectivity index (χ0n) is 6.05. The lowest BCUT2D eigenvalue weighted by Crippen LogP contribution is -2.42. The number of aliphatic hydroxyl groups is 1. The second kappa shape index (κ2) is 3.82. The van der Waals surface area contributed by atoms with Gasteiger partial charge in [0.25, 0.3) is 0 Å². The van der Waals surface area contributed by atoms with E-state index in [-0.39, 0.29) is 12.0 Å². The summed E-state index contributed by atoms with van der Waals surface area (Å²) in [6.07, 6.45) is 0. The maximum absolute atomic E-state index is 8.57. The molecule has 0 unspecified atom stereocenters. The van der Waals surface area contributed by atoms with E-state index in [1.807, 2.05) is 6.92 Å². The highest BCUT2D eigenvalue weighted by atomic mass is 16.5. The molecule has 3 N–H and O–H groups in total. The van der Waals surface area contributed by atoms with Gasteiger partial charge in [-0.2, -0.15) is 0 Å². The molecule has 0 amide bonds. The van der Waals surface area contributed by atoms with Crippen LogP contribution in [0.4, 0.5) is 0 Å². The Morgan fingerprint density at radius 2 is 2.00 bits per heavy atom. The van der Waals surface area contributed by atoms with Crippen LogP contribution < -0.4 is 5.73 Å². The lowest BCUT2D eigenvalue weighted by atomic mass is 9.90. The minimum Gasteiger partial charge on any atom is -0.396 e. The largest absolute Gasteiger partial charge is 0.396 e. The molecule has 1 rings (SSSR count). The molecule has 0 atom stereocenters. The van der Waals surface area contributed by atoms with Crippen molar-refractivity contribution in [3.8, 4) is 0 Å². The summed E-state index contributed by atoms with van der Waals surface area (Å²) in [5, 5.41) is 8.57. The van der Waals surface area contributed by atoms with Gasteiger partial charge in [0.05, 0.1) is 19.8 Å². The van der Waals surface area contributed by atoms with Gasteiger partial charge in [-0.15, -0.1) is 0 Å². The van der Waals surface area contributed by atoms with E-state index in [4.69, 9.17) is 9.84 Å². The van der Waals surface area contributed by atoms with Crippen LogP contribution >= 0.6 is 0 Å². The van der Waals surface area contributed by atoms with Gasteiger partial charge >= 0.3 is 0 Å². The molecular formula is C6H15NO2. The molecule has 0 bridgehead atoms. The molecule has 1 saturated heterocycles. The molecule has 56 valence electrons. The van der Waals surface area contributed by atoms with E-state index in [0.29, 0.717) is 0 Å². The SMILES string of the molecule is CC1(CO)COC1.CN. The van der Waals surface area contributed by atoms with Crippen molar-refractivity contribution in [3.05, 3.63) is 0 Å². The zero-order valence-corrected chi connectivity index (χ0v) is 6.05. The Morgan fingerprint density at radius 1 is 1.56 bits per heavy atom. The lowest BCUT2D eigenvalue weighted by Gasteiger charge is -2.35. The second-order valence-electron chi connectivity index (χ2n) is 2.46. The summed E-state index contributed by atoms with van der Waals surface area (Å²) in [7, 11) is 1.50. The molecule has 0 aromatic carbocycles. The predicted octanol–water partition coefficient (Wildman–Crippen LogP) is -0.410. The number of rotatable bonds is 1. The Bertz CT molecular complexity index is 65.9. The van der Waals surface area contributed by atoms with Crippen LogP contribution in [-0.2, 0) is 4.74 Å². The number of hydrogen-bond acceptors (Lipinski definition) is 3. The fraction of sp³-hybridized carbons (Fsp3) is 1.00. The molecule has 9 heavy (non-hydrogen) atoms. The first-order valence-electron chi connectivity index (χ1n) is 3.03. The van der Waals surface area contributed by atoms with Crippen molar-refractivity contribution < 1.29 is 9.84 Å². The molecule has 0 aliphatic carbocycles. The van der Waals surface area contributed by atoms with Gasteiger partial charge in [0.1, 0.15) is 0 Å². The Kier molecular flexibility index (Phi) is 3.77. The topological polar surface area (TPSA) is 55.5 Å². The van der Waals surface area contributed by atoms with Crippen LogP contribution in [0.2, 0.25) is 0 Å². The summed E-state index contributed by atoms with van der Waals surface area (Å²) >= 11 is 0. The molecule has 3 heteroatoms. The second-order valence-corrected chi connectivity index (χ2v) is 2.46. The van der Waals surface area contributed by atoms with Crippen molar-refractivity contribution in [2.45, 2.75) is 6.92 Å². The molecular weight excluding hydrogens is 118 g/mol.